The fraction of sp³-hybridized carbons (Fsp3) is 0.684. The standard InChI is InChI=1S/C19H28N6O2S/c1-4-5-24-8-13-6-15(16(26)7-14(13)9-24)21-18(27)17-11(2)12(3)28-19(17)25-10-20-22-23-25/h10,13-16,26H,4-9H2,1-3H3,(H,21,27)/t13-,14+,15-,16-/m0/s1. The molecule has 4 rings (SSSR count). The minimum atomic E-state index is -0.497. The molecule has 1 saturated carbocycles. The van der Waals surface area contributed by atoms with Crippen LogP contribution in [0.2, 0.25) is 0 Å². The van der Waals surface area contributed by atoms with Gasteiger partial charge in [0.25, 0.3) is 5.91 Å². The van der Waals surface area contributed by atoms with E-state index in [4.69, 9.17) is 0 Å². The number of rotatable bonds is 5. The molecule has 1 aliphatic heterocycles. The first-order valence-corrected chi connectivity index (χ1v) is 10.8. The normalized spacial score (nSPS) is 27.7. The molecule has 0 unspecified atom stereocenters. The lowest BCUT2D eigenvalue weighted by Crippen LogP contribution is -2.49. The van der Waals surface area contributed by atoms with Crippen LogP contribution in [0.15, 0.2) is 6.33 Å². The molecule has 152 valence electrons. The Morgan fingerprint density at radius 2 is 2.07 bits per heavy atom. The summed E-state index contributed by atoms with van der Waals surface area (Å²) in [4.78, 5) is 16.7. The largest absolute Gasteiger partial charge is 0.391 e. The van der Waals surface area contributed by atoms with Gasteiger partial charge in [-0.05, 0) is 67.5 Å². The van der Waals surface area contributed by atoms with E-state index >= 15 is 0 Å². The zero-order valence-electron chi connectivity index (χ0n) is 16.6. The van der Waals surface area contributed by atoms with E-state index in [0.29, 0.717) is 17.4 Å². The summed E-state index contributed by atoms with van der Waals surface area (Å²) in [5.74, 6) is 0.930. The maximum absolute atomic E-state index is 13.2. The number of hydrogen-bond donors (Lipinski definition) is 2. The van der Waals surface area contributed by atoms with Crippen LogP contribution in [-0.4, -0.2) is 67.9 Å². The van der Waals surface area contributed by atoms with E-state index in [1.807, 2.05) is 13.8 Å². The van der Waals surface area contributed by atoms with Gasteiger partial charge in [0.2, 0.25) is 0 Å². The molecule has 1 saturated heterocycles. The molecule has 2 aromatic heterocycles. The van der Waals surface area contributed by atoms with Gasteiger partial charge in [0.05, 0.1) is 17.7 Å². The van der Waals surface area contributed by atoms with Gasteiger partial charge in [-0.3, -0.25) is 4.79 Å². The van der Waals surface area contributed by atoms with Gasteiger partial charge in [0.1, 0.15) is 11.3 Å². The number of aliphatic hydroxyl groups excluding tert-OH is 1. The highest BCUT2D eigenvalue weighted by Gasteiger charge is 2.42. The maximum Gasteiger partial charge on any atom is 0.254 e. The number of amides is 1. The van der Waals surface area contributed by atoms with Crippen LogP contribution in [0.1, 0.15) is 47.0 Å². The van der Waals surface area contributed by atoms with Crippen molar-refractivity contribution in [3.63, 3.8) is 0 Å². The van der Waals surface area contributed by atoms with Crippen molar-refractivity contribution in [3.8, 4) is 5.00 Å². The number of nitrogens with one attached hydrogen (secondary N) is 1. The molecule has 1 amide bonds. The van der Waals surface area contributed by atoms with Crippen LogP contribution in [-0.2, 0) is 0 Å². The van der Waals surface area contributed by atoms with Crippen molar-refractivity contribution in [3.05, 3.63) is 22.3 Å². The van der Waals surface area contributed by atoms with Crippen LogP contribution in [0.25, 0.3) is 5.00 Å². The summed E-state index contributed by atoms with van der Waals surface area (Å²) in [6, 6.07) is -0.211. The summed E-state index contributed by atoms with van der Waals surface area (Å²) < 4.78 is 1.53. The fourth-order valence-corrected chi connectivity index (χ4v) is 5.78. The minimum absolute atomic E-state index is 0.154. The molecule has 0 radical (unpaired) electrons. The lowest BCUT2D eigenvalue weighted by molar-refractivity contribution is 0.0461. The van der Waals surface area contributed by atoms with Gasteiger partial charge in [-0.1, -0.05) is 6.92 Å². The topological polar surface area (TPSA) is 96.2 Å². The van der Waals surface area contributed by atoms with Gasteiger partial charge in [0, 0.05) is 18.0 Å². The first kappa shape index (κ1) is 19.5. The van der Waals surface area contributed by atoms with Gasteiger partial charge in [-0.15, -0.1) is 16.4 Å². The molecule has 0 bridgehead atoms. The Bertz CT molecular complexity index is 836. The van der Waals surface area contributed by atoms with Crippen molar-refractivity contribution in [2.75, 3.05) is 19.6 Å². The average molecular weight is 405 g/mol. The summed E-state index contributed by atoms with van der Waals surface area (Å²) in [7, 11) is 0. The third-order valence-corrected chi connectivity index (χ3v) is 7.42. The highest BCUT2D eigenvalue weighted by Crippen LogP contribution is 2.37. The number of carbonyl (C=O) groups is 1. The molecule has 1 aliphatic carbocycles. The van der Waals surface area contributed by atoms with Crippen molar-refractivity contribution in [2.24, 2.45) is 11.8 Å². The Kier molecular flexibility index (Phi) is 5.48. The van der Waals surface area contributed by atoms with Gasteiger partial charge in [-0.25, -0.2) is 0 Å². The number of hydrogen-bond acceptors (Lipinski definition) is 7. The maximum atomic E-state index is 13.2. The van der Waals surface area contributed by atoms with Crippen LogP contribution in [0.5, 0.6) is 0 Å². The zero-order valence-corrected chi connectivity index (χ0v) is 17.4. The van der Waals surface area contributed by atoms with Crippen molar-refractivity contribution in [1.29, 1.82) is 0 Å². The zero-order chi connectivity index (χ0) is 19.8. The second-order valence-electron chi connectivity index (χ2n) is 8.12. The van der Waals surface area contributed by atoms with Crippen LogP contribution in [0.3, 0.4) is 0 Å². The molecular formula is C19H28N6O2S. The van der Waals surface area contributed by atoms with E-state index in [1.165, 1.54) is 22.3 Å². The first-order chi connectivity index (χ1) is 13.5. The number of aromatic nitrogens is 4. The fourth-order valence-electron chi connectivity index (χ4n) is 4.71. The van der Waals surface area contributed by atoms with Gasteiger partial charge in [0.15, 0.2) is 0 Å². The van der Waals surface area contributed by atoms with E-state index in [2.05, 4.69) is 32.7 Å². The molecule has 4 atom stereocenters. The number of aryl methyl sites for hydroxylation is 1. The van der Waals surface area contributed by atoms with Crippen molar-refractivity contribution in [2.45, 2.75) is 52.2 Å². The highest BCUT2D eigenvalue weighted by atomic mass is 32.1. The molecule has 3 heterocycles. The minimum Gasteiger partial charge on any atom is -0.391 e. The lowest BCUT2D eigenvalue weighted by Gasteiger charge is -2.35. The van der Waals surface area contributed by atoms with E-state index in [9.17, 15) is 9.90 Å². The number of carbonyl (C=O) groups excluding carboxylic acids is 1. The molecule has 2 N–H and O–H groups in total. The number of thiophene rings is 1. The average Bonchev–Trinajstić information content (AvgIpc) is 3.36. The van der Waals surface area contributed by atoms with E-state index in [-0.39, 0.29) is 11.9 Å². The van der Waals surface area contributed by atoms with Crippen LogP contribution in [0.4, 0.5) is 0 Å². The van der Waals surface area contributed by atoms with Gasteiger partial charge in [-0.2, -0.15) is 4.68 Å². The predicted octanol–water partition coefficient (Wildman–Crippen LogP) is 1.55. The second kappa shape index (κ2) is 7.88. The third kappa shape index (κ3) is 3.58. The summed E-state index contributed by atoms with van der Waals surface area (Å²) >= 11 is 1.50. The number of nitrogens with zero attached hydrogens (tertiary/aromatic N) is 5. The summed E-state index contributed by atoms with van der Waals surface area (Å²) in [6.07, 6.45) is 3.75. The third-order valence-electron chi connectivity index (χ3n) is 6.22. The lowest BCUT2D eigenvalue weighted by atomic mass is 9.77. The number of aliphatic hydroxyl groups is 1. The van der Waals surface area contributed by atoms with Crippen LogP contribution >= 0.6 is 11.3 Å². The molecule has 2 aliphatic rings. The summed E-state index contributed by atoms with van der Waals surface area (Å²) in [5, 5.41) is 25.8. The smallest absolute Gasteiger partial charge is 0.254 e. The van der Waals surface area contributed by atoms with Crippen LogP contribution < -0.4 is 5.32 Å². The predicted molar refractivity (Wildman–Crippen MR) is 107 cm³/mol. The van der Waals surface area contributed by atoms with Crippen molar-refractivity contribution in [1.82, 2.24) is 30.4 Å². The Labute approximate surface area is 168 Å². The Balaban J connectivity index is 1.50. The monoisotopic (exact) mass is 404 g/mol. The number of tetrazole rings is 1. The SMILES string of the molecule is CCCN1C[C@H]2C[C@H](O)[C@@H](NC(=O)c3c(-n4cnnn4)sc(C)c3C)C[C@H]2C1. The Morgan fingerprint density at radius 1 is 1.32 bits per heavy atom. The summed E-state index contributed by atoms with van der Waals surface area (Å²) in [5.41, 5.74) is 1.54. The number of likely N-dealkylation sites (tertiary alicyclic amines) is 1. The molecule has 9 heteroatoms. The molecule has 8 nitrogen and oxygen atoms in total. The van der Waals surface area contributed by atoms with E-state index in [1.54, 1.807) is 0 Å². The molecule has 0 spiro atoms. The van der Waals surface area contributed by atoms with Crippen molar-refractivity contribution < 1.29 is 9.90 Å². The second-order valence-corrected chi connectivity index (χ2v) is 9.32. The van der Waals surface area contributed by atoms with E-state index in [0.717, 1.165) is 54.3 Å². The molecule has 28 heavy (non-hydrogen) atoms. The number of fused-ring (bicyclic) bond motifs is 1. The first-order valence-electron chi connectivity index (χ1n) is 10.0. The Hall–Kier alpha value is -1.84. The Morgan fingerprint density at radius 3 is 2.75 bits per heavy atom. The quantitative estimate of drug-likeness (QED) is 0.785. The molecule has 2 fully saturated rings. The van der Waals surface area contributed by atoms with Gasteiger partial charge >= 0.3 is 0 Å². The molecule has 2 aromatic rings. The molecular weight excluding hydrogens is 376 g/mol. The summed E-state index contributed by atoms with van der Waals surface area (Å²) in [6.45, 7) is 9.40. The highest BCUT2D eigenvalue weighted by molar-refractivity contribution is 7.15. The van der Waals surface area contributed by atoms with Crippen molar-refractivity contribution >= 4 is 17.2 Å². The van der Waals surface area contributed by atoms with Crippen LogP contribution in [0, 0.1) is 25.7 Å². The van der Waals surface area contributed by atoms with Gasteiger partial charge < -0.3 is 15.3 Å². The molecule has 0 aromatic carbocycles. The van der Waals surface area contributed by atoms with E-state index < -0.39 is 6.10 Å².